The van der Waals surface area contributed by atoms with E-state index in [1.165, 1.54) is 25.1 Å². The van der Waals surface area contributed by atoms with Crippen molar-refractivity contribution in [2.75, 3.05) is 0 Å². The maximum absolute atomic E-state index is 10.7. The fraction of sp³-hybridized carbons (Fsp3) is 0.333. The lowest BCUT2D eigenvalue weighted by molar-refractivity contribution is -0.385. The molecule has 0 saturated carbocycles. The first-order valence-corrected chi connectivity index (χ1v) is 5.86. The van der Waals surface area contributed by atoms with Crippen LogP contribution in [0.3, 0.4) is 0 Å². The maximum Gasteiger partial charge on any atom is 0.270 e. The minimum Gasteiger partial charge on any atom is -0.487 e. The van der Waals surface area contributed by atoms with Gasteiger partial charge in [-0.15, -0.1) is 0 Å². The summed E-state index contributed by atoms with van der Waals surface area (Å²) in [6.45, 7) is 3.34. The Hall–Kier alpha value is -2.48. The molecule has 106 valence electrons. The van der Waals surface area contributed by atoms with Crippen LogP contribution in [-0.2, 0) is 6.61 Å². The van der Waals surface area contributed by atoms with E-state index in [0.29, 0.717) is 22.7 Å². The van der Waals surface area contributed by atoms with Gasteiger partial charge in [-0.3, -0.25) is 10.1 Å². The third-order valence-electron chi connectivity index (χ3n) is 2.77. The summed E-state index contributed by atoms with van der Waals surface area (Å²) in [6, 6.07) is 4.05. The standard InChI is InChI=1S/C12H13N3O5/c1-7-11(14-20-13-7)6-19-12-4-3-9(15(17)18)5-10(12)8(2)16/h3-5,8,16H,6H2,1-2H3. The van der Waals surface area contributed by atoms with E-state index in [0.717, 1.165) is 0 Å². The van der Waals surface area contributed by atoms with E-state index in [9.17, 15) is 15.2 Å². The van der Waals surface area contributed by atoms with E-state index < -0.39 is 11.0 Å². The fourth-order valence-electron chi connectivity index (χ4n) is 1.63. The number of nitrogens with zero attached hydrogens (tertiary/aromatic N) is 3. The molecular formula is C12H13N3O5. The summed E-state index contributed by atoms with van der Waals surface area (Å²) in [4.78, 5) is 10.2. The lowest BCUT2D eigenvalue weighted by atomic mass is 10.1. The molecule has 0 spiro atoms. The zero-order chi connectivity index (χ0) is 14.7. The Balaban J connectivity index is 2.22. The molecule has 0 fully saturated rings. The third kappa shape index (κ3) is 2.91. The van der Waals surface area contributed by atoms with Gasteiger partial charge in [0.1, 0.15) is 23.7 Å². The van der Waals surface area contributed by atoms with Crippen LogP contribution in [-0.4, -0.2) is 20.3 Å². The molecule has 20 heavy (non-hydrogen) atoms. The maximum atomic E-state index is 10.7. The summed E-state index contributed by atoms with van der Waals surface area (Å²) in [7, 11) is 0. The van der Waals surface area contributed by atoms with Gasteiger partial charge in [-0.1, -0.05) is 10.3 Å². The number of hydrogen-bond donors (Lipinski definition) is 1. The predicted molar refractivity (Wildman–Crippen MR) is 67.1 cm³/mol. The number of rotatable bonds is 5. The van der Waals surface area contributed by atoms with Gasteiger partial charge in [0.05, 0.1) is 11.0 Å². The van der Waals surface area contributed by atoms with Gasteiger partial charge in [0.15, 0.2) is 0 Å². The first kappa shape index (κ1) is 13.9. The van der Waals surface area contributed by atoms with Gasteiger partial charge in [-0.2, -0.15) is 0 Å². The molecule has 0 aliphatic rings. The average molecular weight is 279 g/mol. The van der Waals surface area contributed by atoms with E-state index in [1.54, 1.807) is 6.92 Å². The highest BCUT2D eigenvalue weighted by molar-refractivity contribution is 5.44. The van der Waals surface area contributed by atoms with Gasteiger partial charge in [0.25, 0.3) is 5.69 Å². The highest BCUT2D eigenvalue weighted by atomic mass is 16.6. The number of aliphatic hydroxyl groups is 1. The van der Waals surface area contributed by atoms with Crippen LogP contribution in [0.25, 0.3) is 0 Å². The molecule has 0 aliphatic carbocycles. The SMILES string of the molecule is Cc1nonc1COc1ccc([N+](=O)[O-])cc1C(C)O. The largest absolute Gasteiger partial charge is 0.487 e. The molecular weight excluding hydrogens is 266 g/mol. The van der Waals surface area contributed by atoms with Crippen molar-refractivity contribution in [3.8, 4) is 5.75 Å². The Kier molecular flexibility index (Phi) is 3.94. The number of aromatic nitrogens is 2. The van der Waals surface area contributed by atoms with E-state index >= 15 is 0 Å². The molecule has 0 amide bonds. The van der Waals surface area contributed by atoms with Gasteiger partial charge in [-0.05, 0) is 19.9 Å². The molecule has 8 nitrogen and oxygen atoms in total. The van der Waals surface area contributed by atoms with Gasteiger partial charge >= 0.3 is 0 Å². The summed E-state index contributed by atoms with van der Waals surface area (Å²) < 4.78 is 10.1. The van der Waals surface area contributed by atoms with Gasteiger partial charge in [0, 0.05) is 17.7 Å². The fourth-order valence-corrected chi connectivity index (χ4v) is 1.63. The number of non-ortho nitro benzene ring substituents is 1. The van der Waals surface area contributed by atoms with Crippen LogP contribution < -0.4 is 4.74 Å². The molecule has 1 aromatic heterocycles. The van der Waals surface area contributed by atoms with E-state index in [4.69, 9.17) is 4.74 Å². The zero-order valence-corrected chi connectivity index (χ0v) is 10.9. The monoisotopic (exact) mass is 279 g/mol. The second-order valence-corrected chi connectivity index (χ2v) is 4.24. The van der Waals surface area contributed by atoms with Gasteiger partial charge in [0.2, 0.25) is 0 Å². The summed E-state index contributed by atoms with van der Waals surface area (Å²) in [5.41, 5.74) is 1.37. The molecule has 2 rings (SSSR count). The number of aryl methyl sites for hydroxylation is 1. The second-order valence-electron chi connectivity index (χ2n) is 4.24. The zero-order valence-electron chi connectivity index (χ0n) is 10.9. The molecule has 1 heterocycles. The molecule has 1 atom stereocenters. The Morgan fingerprint density at radius 2 is 2.25 bits per heavy atom. The van der Waals surface area contributed by atoms with Crippen molar-refractivity contribution >= 4 is 5.69 Å². The van der Waals surface area contributed by atoms with E-state index in [-0.39, 0.29) is 12.3 Å². The highest BCUT2D eigenvalue weighted by Crippen LogP contribution is 2.29. The van der Waals surface area contributed by atoms with Crippen molar-refractivity contribution in [2.24, 2.45) is 0 Å². The smallest absolute Gasteiger partial charge is 0.270 e. The van der Waals surface area contributed by atoms with Gasteiger partial charge < -0.3 is 9.84 Å². The molecule has 0 saturated heterocycles. The van der Waals surface area contributed by atoms with Crippen LogP contribution in [0, 0.1) is 17.0 Å². The molecule has 1 N–H and O–H groups in total. The van der Waals surface area contributed by atoms with Crippen molar-refractivity contribution in [1.82, 2.24) is 10.3 Å². The van der Waals surface area contributed by atoms with Gasteiger partial charge in [-0.25, -0.2) is 4.63 Å². The Morgan fingerprint density at radius 1 is 1.50 bits per heavy atom. The quantitative estimate of drug-likeness (QED) is 0.657. The number of nitro benzene ring substituents is 1. The lowest BCUT2D eigenvalue weighted by Gasteiger charge is -2.12. The van der Waals surface area contributed by atoms with Crippen LogP contribution in [0.5, 0.6) is 5.75 Å². The highest BCUT2D eigenvalue weighted by Gasteiger charge is 2.16. The third-order valence-corrected chi connectivity index (χ3v) is 2.77. The Morgan fingerprint density at radius 3 is 2.80 bits per heavy atom. The Bertz CT molecular complexity index is 623. The van der Waals surface area contributed by atoms with Crippen LogP contribution in [0.15, 0.2) is 22.8 Å². The number of ether oxygens (including phenoxy) is 1. The van der Waals surface area contributed by atoms with Crippen molar-refractivity contribution in [1.29, 1.82) is 0 Å². The molecule has 8 heteroatoms. The van der Waals surface area contributed by atoms with Crippen molar-refractivity contribution in [3.63, 3.8) is 0 Å². The number of nitro groups is 1. The van der Waals surface area contributed by atoms with E-state index in [2.05, 4.69) is 14.9 Å². The summed E-state index contributed by atoms with van der Waals surface area (Å²) in [5, 5.41) is 27.7. The molecule has 2 aromatic rings. The van der Waals surface area contributed by atoms with Crippen LogP contribution in [0.4, 0.5) is 5.69 Å². The number of hydrogen-bond acceptors (Lipinski definition) is 7. The molecule has 1 aromatic carbocycles. The minimum absolute atomic E-state index is 0.104. The average Bonchev–Trinajstić information content (AvgIpc) is 2.81. The second kappa shape index (κ2) is 5.66. The molecule has 0 radical (unpaired) electrons. The lowest BCUT2D eigenvalue weighted by Crippen LogP contribution is -2.03. The summed E-state index contributed by atoms with van der Waals surface area (Å²) >= 11 is 0. The normalized spacial score (nSPS) is 12.2. The number of aliphatic hydroxyl groups excluding tert-OH is 1. The van der Waals surface area contributed by atoms with Crippen molar-refractivity contribution in [2.45, 2.75) is 26.6 Å². The molecule has 0 aliphatic heterocycles. The Labute approximate surface area is 114 Å². The van der Waals surface area contributed by atoms with Crippen LogP contribution in [0.2, 0.25) is 0 Å². The summed E-state index contributed by atoms with van der Waals surface area (Å²) in [5.74, 6) is 0.355. The van der Waals surface area contributed by atoms with Crippen LogP contribution in [0.1, 0.15) is 30.0 Å². The summed E-state index contributed by atoms with van der Waals surface area (Å²) in [6.07, 6.45) is -0.888. The number of benzene rings is 1. The minimum atomic E-state index is -0.888. The first-order chi connectivity index (χ1) is 9.49. The van der Waals surface area contributed by atoms with Crippen LogP contribution >= 0.6 is 0 Å². The predicted octanol–water partition coefficient (Wildman–Crippen LogP) is 1.92. The van der Waals surface area contributed by atoms with Crippen molar-refractivity contribution < 1.29 is 19.4 Å². The van der Waals surface area contributed by atoms with Crippen molar-refractivity contribution in [3.05, 3.63) is 45.3 Å². The molecule has 0 bridgehead atoms. The topological polar surface area (TPSA) is 112 Å². The van der Waals surface area contributed by atoms with E-state index in [1.807, 2.05) is 0 Å². The first-order valence-electron chi connectivity index (χ1n) is 5.86. The molecule has 1 unspecified atom stereocenters.